The van der Waals surface area contributed by atoms with E-state index in [-0.39, 0.29) is 24.4 Å². The molecule has 3 rings (SSSR count). The summed E-state index contributed by atoms with van der Waals surface area (Å²) in [7, 11) is -0.113. The van der Waals surface area contributed by atoms with Gasteiger partial charge in [0.25, 0.3) is 5.91 Å². The molecule has 1 aliphatic rings. The minimum Gasteiger partial charge on any atom is -0.380 e. The van der Waals surface area contributed by atoms with Gasteiger partial charge in [0, 0.05) is 42.1 Å². The van der Waals surface area contributed by atoms with Gasteiger partial charge in [-0.3, -0.25) is 4.79 Å². The molecule has 0 unspecified atom stereocenters. The van der Waals surface area contributed by atoms with E-state index in [2.05, 4.69) is 0 Å². The maximum atomic E-state index is 14.4. The summed E-state index contributed by atoms with van der Waals surface area (Å²) in [5, 5.41) is -0.151. The molecule has 0 spiro atoms. The normalized spacial score (nSPS) is 20.7. The highest BCUT2D eigenvalue weighted by Crippen LogP contribution is 2.36. The van der Waals surface area contributed by atoms with Crippen molar-refractivity contribution in [3.63, 3.8) is 0 Å². The third-order valence-corrected chi connectivity index (χ3v) is 8.12. The van der Waals surface area contributed by atoms with Crippen molar-refractivity contribution in [2.45, 2.75) is 43.6 Å². The van der Waals surface area contributed by atoms with Crippen LogP contribution in [0.1, 0.15) is 40.9 Å². The summed E-state index contributed by atoms with van der Waals surface area (Å²) < 4.78 is 44.7. The van der Waals surface area contributed by atoms with Crippen LogP contribution in [-0.4, -0.2) is 50.9 Å². The highest BCUT2D eigenvalue weighted by molar-refractivity contribution is 7.91. The second-order valence-corrected chi connectivity index (χ2v) is 10.4. The summed E-state index contributed by atoms with van der Waals surface area (Å²) >= 11 is 1.23. The van der Waals surface area contributed by atoms with Crippen molar-refractivity contribution in [1.82, 2.24) is 4.90 Å². The molecule has 1 aliphatic carbocycles. The lowest BCUT2D eigenvalue weighted by molar-refractivity contribution is 0.0701. The summed E-state index contributed by atoms with van der Waals surface area (Å²) in [5.41, 5.74) is 0.527. The van der Waals surface area contributed by atoms with E-state index in [1.165, 1.54) is 35.7 Å². The zero-order chi connectivity index (χ0) is 19.8. The number of amides is 1. The molecule has 1 aromatic heterocycles. The summed E-state index contributed by atoms with van der Waals surface area (Å²) in [6.45, 7) is 0.121. The lowest BCUT2D eigenvalue weighted by atomic mass is 9.93. The van der Waals surface area contributed by atoms with Crippen LogP contribution < -0.4 is 0 Å². The summed E-state index contributed by atoms with van der Waals surface area (Å²) in [6, 6.07) is 4.39. The molecular weight excluding hydrogens is 389 g/mol. The van der Waals surface area contributed by atoms with Gasteiger partial charge in [0.2, 0.25) is 0 Å². The number of hydrogen-bond acceptors (Lipinski definition) is 5. The van der Waals surface area contributed by atoms with Crippen LogP contribution >= 0.6 is 11.3 Å². The number of ether oxygens (including phenoxy) is 1. The fourth-order valence-corrected chi connectivity index (χ4v) is 6.64. The van der Waals surface area contributed by atoms with Crippen molar-refractivity contribution in [3.05, 3.63) is 34.5 Å². The number of benzene rings is 1. The summed E-state index contributed by atoms with van der Waals surface area (Å²) in [4.78, 5) is 15.2. The number of methoxy groups -OCH3 is 1. The predicted octanol–water partition coefficient (Wildman–Crippen LogP) is 3.61. The number of thiophene rings is 1. The number of halogens is 1. The van der Waals surface area contributed by atoms with Gasteiger partial charge in [-0.25, -0.2) is 12.8 Å². The Morgan fingerprint density at radius 2 is 2.04 bits per heavy atom. The van der Waals surface area contributed by atoms with Crippen molar-refractivity contribution >= 4 is 37.2 Å². The Bertz CT molecular complexity index is 954. The Morgan fingerprint density at radius 3 is 2.70 bits per heavy atom. The van der Waals surface area contributed by atoms with Gasteiger partial charge in [-0.2, -0.15) is 0 Å². The number of sulfone groups is 1. The molecule has 1 amide bonds. The average Bonchev–Trinajstić information content (AvgIpc) is 3.00. The van der Waals surface area contributed by atoms with Crippen LogP contribution in [0.4, 0.5) is 4.39 Å². The third kappa shape index (κ3) is 3.88. The fraction of sp³-hybridized carbons (Fsp3) is 0.526. The minimum absolute atomic E-state index is 0.121. The van der Waals surface area contributed by atoms with Crippen molar-refractivity contribution < 1.29 is 22.3 Å². The van der Waals surface area contributed by atoms with Crippen LogP contribution in [0.3, 0.4) is 0 Å². The van der Waals surface area contributed by atoms with Gasteiger partial charge in [0.05, 0.1) is 16.7 Å². The number of nitrogens with zero attached hydrogens (tertiary/aromatic N) is 1. The average molecular weight is 414 g/mol. The van der Waals surface area contributed by atoms with Gasteiger partial charge < -0.3 is 9.64 Å². The van der Waals surface area contributed by atoms with E-state index in [1.54, 1.807) is 19.2 Å². The Kier molecular flexibility index (Phi) is 5.88. The molecule has 27 heavy (non-hydrogen) atoms. The molecule has 8 heteroatoms. The first-order chi connectivity index (χ1) is 12.8. The first-order valence-electron chi connectivity index (χ1n) is 8.90. The molecule has 1 aromatic carbocycles. The van der Waals surface area contributed by atoms with E-state index in [9.17, 15) is 17.6 Å². The standard InChI is InChI=1S/C19H24FNO4S2/c1-21(14-8-4-5-10-16(14)27(3,23)24)19(22)18-12(11-25-2)17-13(20)7-6-9-15(17)26-18/h6-7,9,14,16H,4-5,8,10-11H2,1-3H3/t14-,16+/m0/s1. The number of carbonyl (C=O) groups is 1. The van der Waals surface area contributed by atoms with Gasteiger partial charge >= 0.3 is 0 Å². The SMILES string of the molecule is COCc1c(C(=O)N(C)[C@H]2CCCC[C@H]2S(C)(=O)=O)sc2cccc(F)c12. The number of rotatable bonds is 5. The van der Waals surface area contributed by atoms with Crippen molar-refractivity contribution in [2.75, 3.05) is 20.4 Å². The Hall–Kier alpha value is -1.51. The number of carbonyl (C=O) groups excluding carboxylic acids is 1. The first-order valence-corrected chi connectivity index (χ1v) is 11.7. The van der Waals surface area contributed by atoms with Crippen molar-refractivity contribution in [2.24, 2.45) is 0 Å². The molecule has 0 saturated heterocycles. The second-order valence-electron chi connectivity index (χ2n) is 7.09. The van der Waals surface area contributed by atoms with E-state index in [1.807, 2.05) is 0 Å². The fourth-order valence-electron chi connectivity index (χ4n) is 3.95. The lowest BCUT2D eigenvalue weighted by Gasteiger charge is -2.36. The molecule has 0 N–H and O–H groups in total. The van der Waals surface area contributed by atoms with Crippen molar-refractivity contribution in [1.29, 1.82) is 0 Å². The number of hydrogen-bond donors (Lipinski definition) is 0. The molecule has 1 heterocycles. The lowest BCUT2D eigenvalue weighted by Crippen LogP contribution is -2.49. The Balaban J connectivity index is 2.02. The smallest absolute Gasteiger partial charge is 0.264 e. The second kappa shape index (κ2) is 7.85. The Labute approximate surface area is 163 Å². The quantitative estimate of drug-likeness (QED) is 0.751. The van der Waals surface area contributed by atoms with Crippen LogP contribution in [-0.2, 0) is 21.2 Å². The molecule has 5 nitrogen and oxygen atoms in total. The van der Waals surface area contributed by atoms with Crippen LogP contribution in [0.25, 0.3) is 10.1 Å². The molecule has 2 aromatic rings. The summed E-state index contributed by atoms with van der Waals surface area (Å²) in [6.07, 6.45) is 4.19. The van der Waals surface area contributed by atoms with Crippen LogP contribution in [0.2, 0.25) is 0 Å². The van der Waals surface area contributed by atoms with Crippen LogP contribution in [0.15, 0.2) is 18.2 Å². The molecule has 1 saturated carbocycles. The van der Waals surface area contributed by atoms with Crippen molar-refractivity contribution in [3.8, 4) is 0 Å². The van der Waals surface area contributed by atoms with Gasteiger partial charge in [0.1, 0.15) is 5.82 Å². The monoisotopic (exact) mass is 413 g/mol. The van der Waals surface area contributed by atoms with Gasteiger partial charge in [-0.05, 0) is 25.0 Å². The predicted molar refractivity (Wildman–Crippen MR) is 105 cm³/mol. The number of fused-ring (bicyclic) bond motifs is 1. The van der Waals surface area contributed by atoms with E-state index < -0.39 is 15.1 Å². The maximum Gasteiger partial charge on any atom is 0.264 e. The minimum atomic E-state index is -3.26. The van der Waals surface area contributed by atoms with E-state index in [0.29, 0.717) is 33.4 Å². The zero-order valence-corrected chi connectivity index (χ0v) is 17.3. The van der Waals surface area contributed by atoms with E-state index >= 15 is 0 Å². The molecular formula is C19H24FNO4S2. The zero-order valence-electron chi connectivity index (χ0n) is 15.7. The molecule has 0 aliphatic heterocycles. The van der Waals surface area contributed by atoms with E-state index in [0.717, 1.165) is 12.8 Å². The van der Waals surface area contributed by atoms with Gasteiger partial charge in [-0.15, -0.1) is 11.3 Å². The first kappa shape index (κ1) is 20.2. The summed E-state index contributed by atoms with van der Waals surface area (Å²) in [5.74, 6) is -0.660. The molecule has 0 bridgehead atoms. The van der Waals surface area contributed by atoms with E-state index in [4.69, 9.17) is 4.74 Å². The topological polar surface area (TPSA) is 63.7 Å². The van der Waals surface area contributed by atoms with Crippen LogP contribution in [0, 0.1) is 5.82 Å². The molecule has 148 valence electrons. The van der Waals surface area contributed by atoms with Gasteiger partial charge in [0.15, 0.2) is 9.84 Å². The third-order valence-electron chi connectivity index (χ3n) is 5.28. The maximum absolute atomic E-state index is 14.4. The molecule has 0 radical (unpaired) electrons. The highest BCUT2D eigenvalue weighted by atomic mass is 32.2. The van der Waals surface area contributed by atoms with Gasteiger partial charge in [-0.1, -0.05) is 18.9 Å². The largest absolute Gasteiger partial charge is 0.380 e. The van der Waals surface area contributed by atoms with Crippen LogP contribution in [0.5, 0.6) is 0 Å². The Morgan fingerprint density at radius 1 is 1.33 bits per heavy atom. The highest BCUT2D eigenvalue weighted by Gasteiger charge is 2.38. The molecule has 1 fully saturated rings. The molecule has 2 atom stereocenters.